The van der Waals surface area contributed by atoms with Crippen molar-refractivity contribution in [3.8, 4) is 0 Å². The number of hydrogen-bond acceptors (Lipinski definition) is 7. The highest BCUT2D eigenvalue weighted by Crippen LogP contribution is 2.26. The highest BCUT2D eigenvalue weighted by molar-refractivity contribution is 6.12. The molecule has 0 bridgehead atoms. The van der Waals surface area contributed by atoms with E-state index in [1.165, 1.54) is 30.9 Å². The van der Waals surface area contributed by atoms with Gasteiger partial charge in [0, 0.05) is 19.8 Å². The summed E-state index contributed by atoms with van der Waals surface area (Å²) in [6.45, 7) is 5.67. The number of aryl methyl sites for hydroxylation is 2. The van der Waals surface area contributed by atoms with Crippen molar-refractivity contribution in [3.05, 3.63) is 56.1 Å². The van der Waals surface area contributed by atoms with Gasteiger partial charge in [0.2, 0.25) is 0 Å². The maximum atomic E-state index is 13.1. The lowest BCUT2D eigenvalue weighted by molar-refractivity contribution is 0.102. The Morgan fingerprint density at radius 3 is 2.60 bits per heavy atom. The van der Waals surface area contributed by atoms with Crippen LogP contribution >= 0.6 is 0 Å². The molecule has 154 valence electrons. The fourth-order valence-electron chi connectivity index (χ4n) is 3.32. The lowest BCUT2D eigenvalue weighted by Crippen LogP contribution is -2.37. The Balaban J connectivity index is 1.81. The SMILES string of the molecule is Cc1noc2nc(C(C)C)cc(C(=O)Nc3cnc4c(c3)c(=O)n(C)c(=O)n4C)c12. The van der Waals surface area contributed by atoms with Gasteiger partial charge in [-0.05, 0) is 25.0 Å². The third kappa shape index (κ3) is 2.97. The first kappa shape index (κ1) is 19.5. The summed E-state index contributed by atoms with van der Waals surface area (Å²) in [5.41, 5.74) is 1.53. The minimum atomic E-state index is -0.486. The molecule has 0 aliphatic rings. The Kier molecular flexibility index (Phi) is 4.49. The monoisotopic (exact) mass is 408 g/mol. The molecule has 0 spiro atoms. The first-order chi connectivity index (χ1) is 14.2. The lowest BCUT2D eigenvalue weighted by atomic mass is 10.0. The van der Waals surface area contributed by atoms with Gasteiger partial charge < -0.3 is 9.84 Å². The van der Waals surface area contributed by atoms with Gasteiger partial charge in [-0.2, -0.15) is 0 Å². The smallest absolute Gasteiger partial charge is 0.332 e. The molecule has 4 rings (SSSR count). The average Bonchev–Trinajstić information content (AvgIpc) is 3.10. The summed E-state index contributed by atoms with van der Waals surface area (Å²) in [6.07, 6.45) is 1.40. The van der Waals surface area contributed by atoms with E-state index in [-0.39, 0.29) is 17.0 Å². The molecule has 4 aromatic heterocycles. The molecule has 10 heteroatoms. The van der Waals surface area contributed by atoms with Crippen LogP contribution in [0.25, 0.3) is 22.1 Å². The van der Waals surface area contributed by atoms with E-state index in [1.807, 2.05) is 13.8 Å². The first-order valence-corrected chi connectivity index (χ1v) is 9.33. The van der Waals surface area contributed by atoms with Gasteiger partial charge in [-0.25, -0.2) is 14.8 Å². The molecule has 4 heterocycles. The number of pyridine rings is 2. The molecule has 4 aromatic rings. The Morgan fingerprint density at radius 1 is 1.17 bits per heavy atom. The van der Waals surface area contributed by atoms with Crippen molar-refractivity contribution in [1.29, 1.82) is 0 Å². The van der Waals surface area contributed by atoms with Gasteiger partial charge in [0.1, 0.15) is 5.65 Å². The van der Waals surface area contributed by atoms with E-state index in [0.29, 0.717) is 33.7 Å². The van der Waals surface area contributed by atoms with Gasteiger partial charge in [-0.1, -0.05) is 19.0 Å². The number of rotatable bonds is 3. The van der Waals surface area contributed by atoms with E-state index in [9.17, 15) is 14.4 Å². The van der Waals surface area contributed by atoms with Gasteiger partial charge in [0.15, 0.2) is 0 Å². The first-order valence-electron chi connectivity index (χ1n) is 9.33. The van der Waals surface area contributed by atoms with Crippen molar-refractivity contribution in [2.75, 3.05) is 5.32 Å². The van der Waals surface area contributed by atoms with E-state index >= 15 is 0 Å². The van der Waals surface area contributed by atoms with Crippen LogP contribution in [0, 0.1) is 6.92 Å². The van der Waals surface area contributed by atoms with E-state index < -0.39 is 17.2 Å². The number of nitrogens with one attached hydrogen (secondary N) is 1. The van der Waals surface area contributed by atoms with Crippen LogP contribution in [0.4, 0.5) is 5.69 Å². The van der Waals surface area contributed by atoms with Crippen LogP contribution in [0.1, 0.15) is 41.5 Å². The molecule has 0 saturated heterocycles. The van der Waals surface area contributed by atoms with Crippen molar-refractivity contribution in [3.63, 3.8) is 0 Å². The number of carbonyl (C=O) groups is 1. The van der Waals surface area contributed by atoms with Crippen molar-refractivity contribution in [2.24, 2.45) is 14.1 Å². The fourth-order valence-corrected chi connectivity index (χ4v) is 3.32. The number of fused-ring (bicyclic) bond motifs is 2. The normalized spacial score (nSPS) is 11.5. The topological polar surface area (TPSA) is 125 Å². The van der Waals surface area contributed by atoms with Crippen LogP contribution in [-0.4, -0.2) is 30.2 Å². The molecular formula is C20H20N6O4. The van der Waals surface area contributed by atoms with Crippen molar-refractivity contribution < 1.29 is 9.32 Å². The summed E-state index contributed by atoms with van der Waals surface area (Å²) in [4.78, 5) is 46.3. The fraction of sp³-hybridized carbons (Fsp3) is 0.300. The molecule has 0 radical (unpaired) electrons. The third-order valence-electron chi connectivity index (χ3n) is 5.02. The number of aromatic nitrogens is 5. The molecule has 0 saturated carbocycles. The molecule has 0 aromatic carbocycles. The third-order valence-corrected chi connectivity index (χ3v) is 5.02. The Bertz CT molecular complexity index is 1440. The molecular weight excluding hydrogens is 388 g/mol. The van der Waals surface area contributed by atoms with E-state index in [2.05, 4.69) is 20.4 Å². The van der Waals surface area contributed by atoms with Crippen LogP contribution in [0.15, 0.2) is 32.4 Å². The number of amides is 1. The second-order valence-corrected chi connectivity index (χ2v) is 7.45. The maximum absolute atomic E-state index is 13.1. The van der Waals surface area contributed by atoms with Gasteiger partial charge in [0.25, 0.3) is 17.2 Å². The molecule has 10 nitrogen and oxygen atoms in total. The molecule has 0 aliphatic carbocycles. The summed E-state index contributed by atoms with van der Waals surface area (Å²) >= 11 is 0. The standard InChI is InChI=1S/C20H20N6O4/c1-9(2)14-7-12(15-10(3)24-30-18(15)23-14)17(27)22-11-6-13-16(21-8-11)25(4)20(29)26(5)19(13)28/h6-9H,1-5H3,(H,22,27). The van der Waals surface area contributed by atoms with E-state index in [0.717, 1.165) is 4.57 Å². The Morgan fingerprint density at radius 2 is 1.90 bits per heavy atom. The molecule has 0 aliphatic heterocycles. The van der Waals surface area contributed by atoms with Crippen LogP contribution in [0.3, 0.4) is 0 Å². The van der Waals surface area contributed by atoms with Crippen molar-refractivity contribution in [2.45, 2.75) is 26.7 Å². The van der Waals surface area contributed by atoms with Crippen LogP contribution in [-0.2, 0) is 14.1 Å². The molecule has 0 unspecified atom stereocenters. The number of carbonyl (C=O) groups excluding carboxylic acids is 1. The minimum absolute atomic E-state index is 0.0815. The molecule has 0 fully saturated rings. The van der Waals surface area contributed by atoms with Crippen molar-refractivity contribution in [1.82, 2.24) is 24.3 Å². The van der Waals surface area contributed by atoms with Crippen molar-refractivity contribution >= 4 is 33.7 Å². The van der Waals surface area contributed by atoms with Gasteiger partial charge in [-0.15, -0.1) is 0 Å². The largest absolute Gasteiger partial charge is 0.336 e. The zero-order chi connectivity index (χ0) is 21.7. The van der Waals surface area contributed by atoms with Gasteiger partial charge in [-0.3, -0.25) is 18.7 Å². The molecule has 1 amide bonds. The van der Waals surface area contributed by atoms with Crippen LogP contribution in [0.5, 0.6) is 0 Å². The van der Waals surface area contributed by atoms with Crippen LogP contribution in [0.2, 0.25) is 0 Å². The lowest BCUT2D eigenvalue weighted by Gasteiger charge is -2.11. The number of nitrogens with zero attached hydrogens (tertiary/aromatic N) is 5. The molecule has 1 N–H and O–H groups in total. The quantitative estimate of drug-likeness (QED) is 0.548. The zero-order valence-corrected chi connectivity index (χ0v) is 17.2. The zero-order valence-electron chi connectivity index (χ0n) is 17.2. The van der Waals surface area contributed by atoms with E-state index in [4.69, 9.17) is 4.52 Å². The highest BCUT2D eigenvalue weighted by atomic mass is 16.5. The summed E-state index contributed by atoms with van der Waals surface area (Å²) in [6, 6.07) is 3.22. The second-order valence-electron chi connectivity index (χ2n) is 7.45. The van der Waals surface area contributed by atoms with Gasteiger partial charge >= 0.3 is 5.69 Å². The summed E-state index contributed by atoms with van der Waals surface area (Å²) in [5, 5.41) is 7.45. The number of hydrogen-bond donors (Lipinski definition) is 1. The van der Waals surface area contributed by atoms with Crippen LogP contribution < -0.4 is 16.6 Å². The Hall–Kier alpha value is -3.82. The maximum Gasteiger partial charge on any atom is 0.332 e. The molecule has 30 heavy (non-hydrogen) atoms. The highest BCUT2D eigenvalue weighted by Gasteiger charge is 2.20. The summed E-state index contributed by atoms with van der Waals surface area (Å²) in [5.74, 6) is -0.323. The summed E-state index contributed by atoms with van der Waals surface area (Å²) < 4.78 is 7.54. The Labute approximate surface area is 170 Å². The predicted octanol–water partition coefficient (Wildman–Crippen LogP) is 1.85. The second kappa shape index (κ2) is 6.90. The molecule has 0 atom stereocenters. The number of anilines is 1. The van der Waals surface area contributed by atoms with E-state index in [1.54, 1.807) is 13.0 Å². The van der Waals surface area contributed by atoms with Gasteiger partial charge in [0.05, 0.1) is 33.9 Å². The summed E-state index contributed by atoms with van der Waals surface area (Å²) in [7, 11) is 2.93. The average molecular weight is 408 g/mol. The predicted molar refractivity (Wildman–Crippen MR) is 111 cm³/mol. The minimum Gasteiger partial charge on any atom is -0.336 e.